The minimum atomic E-state index is -0.495. The number of ether oxygens (including phenoxy) is 1. The molecular weight excluding hydrogens is 334 g/mol. The van der Waals surface area contributed by atoms with Gasteiger partial charge in [0.05, 0.1) is 4.92 Å². The molecule has 136 valence electrons. The number of nitro benzene ring substituents is 1. The van der Waals surface area contributed by atoms with Crippen molar-refractivity contribution >= 4 is 17.3 Å². The Labute approximate surface area is 151 Å². The summed E-state index contributed by atoms with van der Waals surface area (Å²) in [5.41, 5.74) is 0.961. The topological polar surface area (TPSA) is 84.7 Å². The van der Waals surface area contributed by atoms with Crippen LogP contribution in [0.3, 0.4) is 0 Å². The molecule has 0 aromatic heterocycles. The van der Waals surface area contributed by atoms with Gasteiger partial charge in [-0.2, -0.15) is 0 Å². The number of amides is 1. The molecule has 0 radical (unpaired) electrons. The summed E-state index contributed by atoms with van der Waals surface area (Å²) in [6, 6.07) is 12.7. The Morgan fingerprint density at radius 3 is 2.31 bits per heavy atom. The SMILES string of the molecule is CN1CCC(Oc2ccc(NC(=O)c3ccc([N+](=O)[O-])cc3)cc2)CC1. The fourth-order valence-corrected chi connectivity index (χ4v) is 2.85. The van der Waals surface area contributed by atoms with Crippen molar-refractivity contribution in [2.75, 3.05) is 25.5 Å². The van der Waals surface area contributed by atoms with Crippen molar-refractivity contribution in [3.8, 4) is 5.75 Å². The first-order valence-electron chi connectivity index (χ1n) is 8.52. The van der Waals surface area contributed by atoms with Crippen molar-refractivity contribution < 1.29 is 14.5 Å². The first kappa shape index (κ1) is 17.9. The highest BCUT2D eigenvalue weighted by Gasteiger charge is 2.18. The van der Waals surface area contributed by atoms with Crippen LogP contribution < -0.4 is 10.1 Å². The first-order valence-corrected chi connectivity index (χ1v) is 8.52. The number of anilines is 1. The van der Waals surface area contributed by atoms with Crippen LogP contribution in [0.15, 0.2) is 48.5 Å². The molecule has 2 aromatic rings. The van der Waals surface area contributed by atoms with Crippen LogP contribution in [0.5, 0.6) is 5.75 Å². The second-order valence-electron chi connectivity index (χ2n) is 6.40. The fraction of sp³-hybridized carbons (Fsp3) is 0.316. The predicted molar refractivity (Wildman–Crippen MR) is 98.6 cm³/mol. The third kappa shape index (κ3) is 4.58. The molecule has 1 fully saturated rings. The number of nitro groups is 1. The maximum Gasteiger partial charge on any atom is 0.269 e. The van der Waals surface area contributed by atoms with Gasteiger partial charge in [-0.3, -0.25) is 14.9 Å². The van der Waals surface area contributed by atoms with Crippen molar-refractivity contribution in [2.45, 2.75) is 18.9 Å². The summed E-state index contributed by atoms with van der Waals surface area (Å²) < 4.78 is 5.98. The second kappa shape index (κ2) is 7.97. The molecule has 0 aliphatic carbocycles. The lowest BCUT2D eigenvalue weighted by molar-refractivity contribution is -0.384. The number of hydrogen-bond acceptors (Lipinski definition) is 5. The normalized spacial score (nSPS) is 15.4. The Kier molecular flexibility index (Phi) is 5.48. The third-order valence-corrected chi connectivity index (χ3v) is 4.42. The van der Waals surface area contributed by atoms with E-state index in [0.29, 0.717) is 11.3 Å². The highest BCUT2D eigenvalue weighted by Crippen LogP contribution is 2.21. The van der Waals surface area contributed by atoms with Gasteiger partial charge in [0.25, 0.3) is 11.6 Å². The zero-order valence-corrected chi connectivity index (χ0v) is 14.6. The molecule has 1 N–H and O–H groups in total. The molecular formula is C19H21N3O4. The van der Waals surface area contributed by atoms with E-state index < -0.39 is 4.92 Å². The molecule has 0 bridgehead atoms. The van der Waals surface area contributed by atoms with Crippen LogP contribution in [0.25, 0.3) is 0 Å². The second-order valence-corrected chi connectivity index (χ2v) is 6.40. The van der Waals surface area contributed by atoms with E-state index in [-0.39, 0.29) is 17.7 Å². The van der Waals surface area contributed by atoms with E-state index in [0.717, 1.165) is 31.7 Å². The van der Waals surface area contributed by atoms with Gasteiger partial charge in [0.2, 0.25) is 0 Å². The van der Waals surface area contributed by atoms with E-state index >= 15 is 0 Å². The molecule has 0 spiro atoms. The molecule has 7 heteroatoms. The van der Waals surface area contributed by atoms with Crippen molar-refractivity contribution in [1.29, 1.82) is 0 Å². The maximum absolute atomic E-state index is 12.2. The minimum Gasteiger partial charge on any atom is -0.490 e. The highest BCUT2D eigenvalue weighted by molar-refractivity contribution is 6.04. The Hall–Kier alpha value is -2.93. The number of hydrogen-bond donors (Lipinski definition) is 1. The van der Waals surface area contributed by atoms with E-state index in [2.05, 4.69) is 17.3 Å². The number of carbonyl (C=O) groups is 1. The van der Waals surface area contributed by atoms with Crippen LogP contribution in [0.2, 0.25) is 0 Å². The summed E-state index contributed by atoms with van der Waals surface area (Å²) in [5.74, 6) is 0.469. The number of piperidine rings is 1. The fourth-order valence-electron chi connectivity index (χ4n) is 2.85. The average Bonchev–Trinajstić information content (AvgIpc) is 2.65. The van der Waals surface area contributed by atoms with Crippen LogP contribution in [0.1, 0.15) is 23.2 Å². The number of likely N-dealkylation sites (tertiary alicyclic amines) is 1. The zero-order valence-electron chi connectivity index (χ0n) is 14.6. The molecule has 1 heterocycles. The average molecular weight is 355 g/mol. The molecule has 0 unspecified atom stereocenters. The number of benzene rings is 2. The molecule has 1 saturated heterocycles. The summed E-state index contributed by atoms with van der Waals surface area (Å²) in [6.45, 7) is 2.07. The lowest BCUT2D eigenvalue weighted by Gasteiger charge is -2.29. The van der Waals surface area contributed by atoms with Gasteiger partial charge in [0.1, 0.15) is 11.9 Å². The van der Waals surface area contributed by atoms with E-state index in [9.17, 15) is 14.9 Å². The van der Waals surface area contributed by atoms with Crippen LogP contribution in [0, 0.1) is 10.1 Å². The van der Waals surface area contributed by atoms with Crippen LogP contribution >= 0.6 is 0 Å². The van der Waals surface area contributed by atoms with Crippen LogP contribution in [0.4, 0.5) is 11.4 Å². The van der Waals surface area contributed by atoms with Crippen molar-refractivity contribution in [1.82, 2.24) is 4.90 Å². The van der Waals surface area contributed by atoms with Gasteiger partial charge in [-0.05, 0) is 56.3 Å². The van der Waals surface area contributed by atoms with Crippen LogP contribution in [-0.4, -0.2) is 42.0 Å². The van der Waals surface area contributed by atoms with Gasteiger partial charge in [-0.1, -0.05) is 0 Å². The van der Waals surface area contributed by atoms with Gasteiger partial charge >= 0.3 is 0 Å². The van der Waals surface area contributed by atoms with Crippen molar-refractivity contribution in [3.63, 3.8) is 0 Å². The number of nitrogens with one attached hydrogen (secondary N) is 1. The molecule has 3 rings (SSSR count). The van der Waals surface area contributed by atoms with E-state index in [1.165, 1.54) is 24.3 Å². The van der Waals surface area contributed by atoms with Gasteiger partial charge in [0.15, 0.2) is 0 Å². The summed E-state index contributed by atoms with van der Waals surface area (Å²) in [6.07, 6.45) is 2.25. The Balaban J connectivity index is 1.56. The summed E-state index contributed by atoms with van der Waals surface area (Å²) in [7, 11) is 2.11. The lowest BCUT2D eigenvalue weighted by Crippen LogP contribution is -2.35. The molecule has 2 aromatic carbocycles. The molecule has 0 atom stereocenters. The molecule has 1 aliphatic rings. The number of non-ortho nitro benzene ring substituents is 1. The Morgan fingerprint density at radius 1 is 1.12 bits per heavy atom. The van der Waals surface area contributed by atoms with E-state index in [1.807, 2.05) is 12.1 Å². The largest absolute Gasteiger partial charge is 0.490 e. The first-order chi connectivity index (χ1) is 12.5. The number of rotatable bonds is 5. The highest BCUT2D eigenvalue weighted by atomic mass is 16.6. The van der Waals surface area contributed by atoms with E-state index in [4.69, 9.17) is 4.74 Å². The number of nitrogens with zero attached hydrogens (tertiary/aromatic N) is 2. The standard InChI is InChI=1S/C19H21N3O4/c1-21-12-10-18(11-13-21)26-17-8-4-15(5-9-17)20-19(23)14-2-6-16(7-3-14)22(24)25/h2-9,18H,10-13H2,1H3,(H,20,23). The predicted octanol–water partition coefficient (Wildman–Crippen LogP) is 3.32. The third-order valence-electron chi connectivity index (χ3n) is 4.42. The molecule has 1 aliphatic heterocycles. The molecule has 7 nitrogen and oxygen atoms in total. The molecule has 1 amide bonds. The summed E-state index contributed by atoms with van der Waals surface area (Å²) >= 11 is 0. The van der Waals surface area contributed by atoms with Crippen molar-refractivity contribution in [2.24, 2.45) is 0 Å². The number of carbonyl (C=O) groups excluding carboxylic acids is 1. The Bertz CT molecular complexity index is 766. The van der Waals surface area contributed by atoms with Crippen LogP contribution in [-0.2, 0) is 0 Å². The lowest BCUT2D eigenvalue weighted by atomic mass is 10.1. The smallest absolute Gasteiger partial charge is 0.269 e. The van der Waals surface area contributed by atoms with Gasteiger partial charge in [-0.15, -0.1) is 0 Å². The van der Waals surface area contributed by atoms with Gasteiger partial charge in [-0.25, -0.2) is 0 Å². The monoisotopic (exact) mass is 355 g/mol. The Morgan fingerprint density at radius 2 is 1.73 bits per heavy atom. The quantitative estimate of drug-likeness (QED) is 0.657. The van der Waals surface area contributed by atoms with Crippen molar-refractivity contribution in [3.05, 3.63) is 64.2 Å². The molecule has 0 saturated carbocycles. The molecule has 26 heavy (non-hydrogen) atoms. The summed E-state index contributed by atoms with van der Waals surface area (Å²) in [5, 5.41) is 13.4. The van der Waals surface area contributed by atoms with Gasteiger partial charge in [0, 0.05) is 36.5 Å². The zero-order chi connectivity index (χ0) is 18.5. The summed E-state index contributed by atoms with van der Waals surface area (Å²) in [4.78, 5) is 24.7. The van der Waals surface area contributed by atoms with Gasteiger partial charge < -0.3 is 15.0 Å². The van der Waals surface area contributed by atoms with E-state index in [1.54, 1.807) is 12.1 Å². The minimum absolute atomic E-state index is 0.0445. The maximum atomic E-state index is 12.2.